The molecule has 1 amide bonds. The summed E-state index contributed by atoms with van der Waals surface area (Å²) in [4.78, 5) is 27.3. The van der Waals surface area contributed by atoms with Gasteiger partial charge in [-0.3, -0.25) is 9.59 Å². The topological polar surface area (TPSA) is 105 Å². The van der Waals surface area contributed by atoms with Gasteiger partial charge in [-0.25, -0.2) is 0 Å². The molecule has 0 spiro atoms. The van der Waals surface area contributed by atoms with E-state index in [9.17, 15) is 9.59 Å². The van der Waals surface area contributed by atoms with Gasteiger partial charge in [0.2, 0.25) is 17.6 Å². The van der Waals surface area contributed by atoms with Crippen LogP contribution >= 0.6 is 11.3 Å². The summed E-state index contributed by atoms with van der Waals surface area (Å²) in [5, 5.41) is 17.0. The fraction of sp³-hybridized carbons (Fsp3) is 0.385. The lowest BCUT2D eigenvalue weighted by molar-refractivity contribution is -0.141. The van der Waals surface area contributed by atoms with Crippen LogP contribution in [0, 0.1) is 5.92 Å². The number of carbonyl (C=O) groups is 2. The summed E-state index contributed by atoms with van der Waals surface area (Å²) < 4.78 is 5.07. The number of nitrogens with one attached hydrogen (secondary N) is 1. The van der Waals surface area contributed by atoms with Crippen molar-refractivity contribution in [3.8, 4) is 10.7 Å². The van der Waals surface area contributed by atoms with E-state index >= 15 is 0 Å². The van der Waals surface area contributed by atoms with Gasteiger partial charge in [-0.1, -0.05) is 18.1 Å². The Morgan fingerprint density at radius 1 is 1.52 bits per heavy atom. The van der Waals surface area contributed by atoms with E-state index < -0.39 is 11.9 Å². The second-order valence-electron chi connectivity index (χ2n) is 4.53. The summed E-state index contributed by atoms with van der Waals surface area (Å²) in [6, 6.07) is 3.78. The maximum atomic E-state index is 11.6. The fourth-order valence-corrected chi connectivity index (χ4v) is 2.17. The van der Waals surface area contributed by atoms with E-state index in [1.165, 1.54) is 18.3 Å². The van der Waals surface area contributed by atoms with Crippen LogP contribution in [-0.2, 0) is 16.0 Å². The highest BCUT2D eigenvalue weighted by molar-refractivity contribution is 7.13. The first-order valence-corrected chi connectivity index (χ1v) is 7.30. The molecule has 0 saturated heterocycles. The molecule has 2 aromatic heterocycles. The first-order valence-electron chi connectivity index (χ1n) is 6.42. The first-order chi connectivity index (χ1) is 10.1. The Labute approximate surface area is 125 Å². The lowest BCUT2D eigenvalue weighted by Gasteiger charge is -2.07. The average Bonchev–Trinajstić information content (AvgIpc) is 3.12. The minimum absolute atomic E-state index is 0.110. The lowest BCUT2D eigenvalue weighted by atomic mass is 10.2. The highest BCUT2D eigenvalue weighted by Crippen LogP contribution is 2.21. The van der Waals surface area contributed by atoms with E-state index in [1.54, 1.807) is 0 Å². The Morgan fingerprint density at radius 2 is 2.33 bits per heavy atom. The molecule has 2 N–H and O–H groups in total. The molecule has 0 aliphatic rings. The van der Waals surface area contributed by atoms with Gasteiger partial charge in [0.25, 0.3) is 0 Å². The number of aromatic nitrogens is 2. The maximum Gasteiger partial charge on any atom is 0.308 e. The van der Waals surface area contributed by atoms with Gasteiger partial charge in [0.1, 0.15) is 0 Å². The molecule has 0 fully saturated rings. The molecule has 0 saturated carbocycles. The van der Waals surface area contributed by atoms with Gasteiger partial charge < -0.3 is 14.9 Å². The van der Waals surface area contributed by atoms with Crippen molar-refractivity contribution in [1.29, 1.82) is 0 Å². The molecule has 8 heteroatoms. The third-order valence-corrected chi connectivity index (χ3v) is 3.67. The highest BCUT2D eigenvalue weighted by atomic mass is 32.1. The van der Waals surface area contributed by atoms with Gasteiger partial charge >= 0.3 is 5.97 Å². The van der Waals surface area contributed by atoms with Crippen molar-refractivity contribution in [1.82, 2.24) is 15.5 Å². The van der Waals surface area contributed by atoms with E-state index in [0.717, 1.165) is 4.88 Å². The maximum absolute atomic E-state index is 11.6. The molecule has 0 bridgehead atoms. The van der Waals surface area contributed by atoms with Crippen LogP contribution in [-0.4, -0.2) is 33.7 Å². The van der Waals surface area contributed by atoms with Gasteiger partial charge in [-0.15, -0.1) is 11.3 Å². The van der Waals surface area contributed by atoms with Crippen molar-refractivity contribution >= 4 is 23.2 Å². The predicted molar refractivity (Wildman–Crippen MR) is 75.7 cm³/mol. The standard InChI is InChI=1S/C13H15N3O4S/c1-8(13(18)19)7-14-10(17)4-5-11-15-12(16-20-11)9-3-2-6-21-9/h2-3,6,8H,4-5,7H2,1H3,(H,14,17)(H,18,19). The number of nitrogens with zero attached hydrogens (tertiary/aromatic N) is 2. The van der Waals surface area contributed by atoms with Crippen LogP contribution in [0.2, 0.25) is 0 Å². The number of thiophene rings is 1. The Morgan fingerprint density at radius 3 is 3.00 bits per heavy atom. The van der Waals surface area contributed by atoms with Crippen molar-refractivity contribution in [3.63, 3.8) is 0 Å². The van der Waals surface area contributed by atoms with Crippen LogP contribution in [0.15, 0.2) is 22.0 Å². The van der Waals surface area contributed by atoms with Gasteiger partial charge in [0.05, 0.1) is 10.8 Å². The van der Waals surface area contributed by atoms with Crippen molar-refractivity contribution in [3.05, 3.63) is 23.4 Å². The van der Waals surface area contributed by atoms with E-state index in [2.05, 4.69) is 15.5 Å². The van der Waals surface area contributed by atoms with Gasteiger partial charge in [0.15, 0.2) is 0 Å². The summed E-state index contributed by atoms with van der Waals surface area (Å²) >= 11 is 1.51. The summed E-state index contributed by atoms with van der Waals surface area (Å²) in [6.45, 7) is 1.65. The molecule has 7 nitrogen and oxygen atoms in total. The number of aryl methyl sites for hydroxylation is 1. The van der Waals surface area contributed by atoms with Crippen molar-refractivity contribution in [2.45, 2.75) is 19.8 Å². The van der Waals surface area contributed by atoms with Crippen molar-refractivity contribution in [2.24, 2.45) is 5.92 Å². The van der Waals surface area contributed by atoms with Gasteiger partial charge in [-0.2, -0.15) is 4.98 Å². The number of aliphatic carboxylic acids is 1. The van der Waals surface area contributed by atoms with E-state index in [0.29, 0.717) is 18.1 Å². The van der Waals surface area contributed by atoms with E-state index in [4.69, 9.17) is 9.63 Å². The normalized spacial score (nSPS) is 12.0. The minimum atomic E-state index is -0.937. The monoisotopic (exact) mass is 309 g/mol. The second kappa shape index (κ2) is 6.98. The molecular weight excluding hydrogens is 294 g/mol. The summed E-state index contributed by atoms with van der Waals surface area (Å²) in [5.41, 5.74) is 0. The zero-order valence-electron chi connectivity index (χ0n) is 11.4. The zero-order valence-corrected chi connectivity index (χ0v) is 12.2. The molecule has 0 aliphatic carbocycles. The zero-order chi connectivity index (χ0) is 15.2. The molecule has 2 rings (SSSR count). The second-order valence-corrected chi connectivity index (χ2v) is 5.48. The Balaban J connectivity index is 1.78. The quantitative estimate of drug-likeness (QED) is 0.804. The Hall–Kier alpha value is -2.22. The fourth-order valence-electron chi connectivity index (χ4n) is 1.53. The SMILES string of the molecule is CC(CNC(=O)CCc1nc(-c2cccs2)no1)C(=O)O. The molecule has 112 valence electrons. The number of amides is 1. The molecule has 2 aromatic rings. The Bertz CT molecular complexity index is 609. The van der Waals surface area contributed by atoms with Crippen LogP contribution in [0.1, 0.15) is 19.2 Å². The molecule has 0 aromatic carbocycles. The number of rotatable bonds is 7. The van der Waals surface area contributed by atoms with E-state index in [-0.39, 0.29) is 18.9 Å². The minimum Gasteiger partial charge on any atom is -0.481 e. The third kappa shape index (κ3) is 4.38. The third-order valence-electron chi connectivity index (χ3n) is 2.80. The number of hydrogen-bond donors (Lipinski definition) is 2. The smallest absolute Gasteiger partial charge is 0.308 e. The number of carbonyl (C=O) groups excluding carboxylic acids is 1. The number of carboxylic acid groups (broad SMARTS) is 1. The summed E-state index contributed by atoms with van der Waals surface area (Å²) in [5.74, 6) is -0.880. The first kappa shape index (κ1) is 15.2. The van der Waals surface area contributed by atoms with Gasteiger partial charge in [0, 0.05) is 19.4 Å². The molecule has 0 radical (unpaired) electrons. The molecule has 0 aliphatic heterocycles. The van der Waals surface area contributed by atoms with Crippen LogP contribution in [0.4, 0.5) is 0 Å². The largest absolute Gasteiger partial charge is 0.481 e. The average molecular weight is 309 g/mol. The molecule has 2 heterocycles. The van der Waals surface area contributed by atoms with E-state index in [1.807, 2.05) is 17.5 Å². The molecule has 21 heavy (non-hydrogen) atoms. The lowest BCUT2D eigenvalue weighted by Crippen LogP contribution is -2.31. The predicted octanol–water partition coefficient (Wildman–Crippen LogP) is 1.57. The molecule has 1 unspecified atom stereocenters. The van der Waals surface area contributed by atoms with Crippen molar-refractivity contribution in [2.75, 3.05) is 6.54 Å². The summed E-state index contributed by atoms with van der Waals surface area (Å²) in [6.07, 6.45) is 0.504. The number of carboxylic acids is 1. The van der Waals surface area contributed by atoms with Gasteiger partial charge in [-0.05, 0) is 11.4 Å². The van der Waals surface area contributed by atoms with Crippen LogP contribution in [0.3, 0.4) is 0 Å². The molecular formula is C13H15N3O4S. The highest BCUT2D eigenvalue weighted by Gasteiger charge is 2.14. The van der Waals surface area contributed by atoms with Crippen LogP contribution in [0.5, 0.6) is 0 Å². The van der Waals surface area contributed by atoms with Crippen molar-refractivity contribution < 1.29 is 19.2 Å². The van der Waals surface area contributed by atoms with Crippen LogP contribution in [0.25, 0.3) is 10.7 Å². The van der Waals surface area contributed by atoms with Crippen LogP contribution < -0.4 is 5.32 Å². The number of hydrogen-bond acceptors (Lipinski definition) is 6. The Kier molecular flexibility index (Phi) is 5.04. The summed E-state index contributed by atoms with van der Waals surface area (Å²) in [7, 11) is 0. The molecule has 1 atom stereocenters.